The van der Waals surface area contributed by atoms with Crippen molar-refractivity contribution in [2.24, 2.45) is 5.92 Å². The van der Waals surface area contributed by atoms with Gasteiger partial charge in [-0.25, -0.2) is 13.1 Å². The zero-order valence-electron chi connectivity index (χ0n) is 19.2. The number of ether oxygens (including phenoxy) is 2. The number of aryl methyl sites for hydroxylation is 1. The third-order valence-corrected chi connectivity index (χ3v) is 7.52. The molecule has 1 heterocycles. The number of sulfonamides is 1. The van der Waals surface area contributed by atoms with Crippen LogP contribution >= 0.6 is 11.6 Å². The molecule has 0 fully saturated rings. The molecule has 0 spiro atoms. The van der Waals surface area contributed by atoms with Crippen molar-refractivity contribution < 1.29 is 22.7 Å². The van der Waals surface area contributed by atoms with Gasteiger partial charge in [-0.3, -0.25) is 4.79 Å². The molecule has 0 saturated carbocycles. The van der Waals surface area contributed by atoms with Crippen molar-refractivity contribution in [3.8, 4) is 11.5 Å². The predicted molar refractivity (Wildman–Crippen MR) is 130 cm³/mol. The summed E-state index contributed by atoms with van der Waals surface area (Å²) in [5.74, 6) is 0.202. The third kappa shape index (κ3) is 6.40. The van der Waals surface area contributed by atoms with Crippen LogP contribution in [0.25, 0.3) is 0 Å². The van der Waals surface area contributed by atoms with Gasteiger partial charge in [-0.05, 0) is 43.0 Å². The van der Waals surface area contributed by atoms with Crippen LogP contribution in [-0.4, -0.2) is 34.1 Å². The number of amides is 1. The van der Waals surface area contributed by atoms with Crippen LogP contribution in [-0.2, 0) is 10.0 Å². The lowest BCUT2D eigenvalue weighted by molar-refractivity contribution is 0.101. The number of unbranched alkanes of at least 4 members (excludes halogenated alkanes) is 1. The van der Waals surface area contributed by atoms with Crippen molar-refractivity contribution in [1.82, 2.24) is 4.72 Å². The van der Waals surface area contributed by atoms with E-state index in [4.69, 9.17) is 21.1 Å². The Morgan fingerprint density at radius 3 is 2.61 bits per heavy atom. The Labute approximate surface area is 200 Å². The van der Waals surface area contributed by atoms with Gasteiger partial charge >= 0.3 is 0 Å². The minimum absolute atomic E-state index is 0.0378. The Kier molecular flexibility index (Phi) is 8.62. The number of nitrogens with one attached hydrogen (secondary N) is 2. The van der Waals surface area contributed by atoms with Crippen LogP contribution in [0.4, 0.5) is 5.69 Å². The fraction of sp³-hybridized carbons (Fsp3) is 0.458. The average molecular weight is 495 g/mol. The molecule has 0 bridgehead atoms. The van der Waals surface area contributed by atoms with Crippen LogP contribution in [0.3, 0.4) is 0 Å². The molecule has 33 heavy (non-hydrogen) atoms. The molecular formula is C24H31ClN2O5S. The molecule has 3 rings (SSSR count). The van der Waals surface area contributed by atoms with Gasteiger partial charge < -0.3 is 14.8 Å². The van der Waals surface area contributed by atoms with Gasteiger partial charge in [-0.1, -0.05) is 50.8 Å². The summed E-state index contributed by atoms with van der Waals surface area (Å²) < 4.78 is 40.1. The van der Waals surface area contributed by atoms with Crippen LogP contribution in [0, 0.1) is 12.8 Å². The van der Waals surface area contributed by atoms with Crippen LogP contribution in [0.2, 0.25) is 5.02 Å². The maximum absolute atomic E-state index is 13.1. The molecule has 1 aliphatic heterocycles. The van der Waals surface area contributed by atoms with E-state index in [9.17, 15) is 13.2 Å². The molecule has 1 amide bonds. The first-order chi connectivity index (χ1) is 15.7. The minimum atomic E-state index is -3.85. The second-order valence-electron chi connectivity index (χ2n) is 8.18. The lowest BCUT2D eigenvalue weighted by atomic mass is 10.00. The van der Waals surface area contributed by atoms with Crippen LogP contribution in [0.1, 0.15) is 55.5 Å². The van der Waals surface area contributed by atoms with E-state index in [1.807, 2.05) is 6.92 Å². The van der Waals surface area contributed by atoms with Crippen molar-refractivity contribution in [3.63, 3.8) is 0 Å². The molecule has 7 nitrogen and oxygen atoms in total. The first kappa shape index (κ1) is 25.3. The fourth-order valence-corrected chi connectivity index (χ4v) is 4.91. The minimum Gasteiger partial charge on any atom is -0.486 e. The maximum atomic E-state index is 13.1. The summed E-state index contributed by atoms with van der Waals surface area (Å²) in [6, 6.07) is 7.89. The highest BCUT2D eigenvalue weighted by atomic mass is 35.5. The first-order valence-electron chi connectivity index (χ1n) is 11.3. The van der Waals surface area contributed by atoms with Crippen molar-refractivity contribution in [2.45, 2.75) is 51.3 Å². The standard InChI is InChI=1S/C24H31ClN2O5S/c1-4-6-7-17(5-2)15-26-33(29,30)19-13-20(23-22(14-19)31-10-11-32-23)24(28)27-18-9-8-16(3)21(25)12-18/h8-9,12-14,17,26H,4-7,10-11,15H2,1-3H3,(H,27,28). The van der Waals surface area contributed by atoms with E-state index in [-0.39, 0.29) is 41.1 Å². The molecule has 1 aliphatic rings. The lowest BCUT2D eigenvalue weighted by Gasteiger charge is -2.22. The van der Waals surface area contributed by atoms with Gasteiger partial charge in [0.05, 0.1) is 10.5 Å². The molecule has 1 atom stereocenters. The first-order valence-corrected chi connectivity index (χ1v) is 13.1. The summed E-state index contributed by atoms with van der Waals surface area (Å²) in [5, 5.41) is 3.28. The van der Waals surface area contributed by atoms with Crippen LogP contribution < -0.4 is 19.5 Å². The summed E-state index contributed by atoms with van der Waals surface area (Å²) in [5.41, 5.74) is 1.46. The molecule has 180 valence electrons. The monoisotopic (exact) mass is 494 g/mol. The number of rotatable bonds is 10. The molecule has 9 heteroatoms. The van der Waals surface area contributed by atoms with E-state index >= 15 is 0 Å². The van der Waals surface area contributed by atoms with Gasteiger partial charge in [0.1, 0.15) is 13.2 Å². The maximum Gasteiger partial charge on any atom is 0.259 e. The van der Waals surface area contributed by atoms with Gasteiger partial charge in [-0.2, -0.15) is 0 Å². The smallest absolute Gasteiger partial charge is 0.259 e. The summed E-state index contributed by atoms with van der Waals surface area (Å²) in [6.07, 6.45) is 3.97. The van der Waals surface area contributed by atoms with E-state index < -0.39 is 15.9 Å². The van der Waals surface area contributed by atoms with Crippen molar-refractivity contribution >= 4 is 33.2 Å². The fourth-order valence-electron chi connectivity index (χ4n) is 3.58. The van der Waals surface area contributed by atoms with Gasteiger partial charge in [0.25, 0.3) is 5.91 Å². The summed E-state index contributed by atoms with van der Waals surface area (Å²) in [7, 11) is -3.85. The molecular weight excluding hydrogens is 464 g/mol. The number of anilines is 1. The molecule has 2 aromatic rings. The van der Waals surface area contributed by atoms with E-state index in [2.05, 4.69) is 23.9 Å². The van der Waals surface area contributed by atoms with Crippen LogP contribution in [0.5, 0.6) is 11.5 Å². The number of carbonyl (C=O) groups excluding carboxylic acids is 1. The average Bonchev–Trinajstić information content (AvgIpc) is 2.80. The molecule has 2 aromatic carbocycles. The number of carbonyl (C=O) groups is 1. The number of fused-ring (bicyclic) bond motifs is 1. The summed E-state index contributed by atoms with van der Waals surface area (Å²) >= 11 is 6.16. The Hall–Kier alpha value is -2.29. The van der Waals surface area contributed by atoms with E-state index in [0.29, 0.717) is 17.3 Å². The molecule has 0 saturated heterocycles. The Balaban J connectivity index is 1.88. The number of hydrogen-bond donors (Lipinski definition) is 2. The van der Waals surface area contributed by atoms with Crippen molar-refractivity contribution in [1.29, 1.82) is 0 Å². The largest absolute Gasteiger partial charge is 0.486 e. The Bertz CT molecular complexity index is 1100. The Morgan fingerprint density at radius 1 is 1.15 bits per heavy atom. The highest BCUT2D eigenvalue weighted by molar-refractivity contribution is 7.89. The number of hydrogen-bond acceptors (Lipinski definition) is 5. The molecule has 2 N–H and O–H groups in total. The van der Waals surface area contributed by atoms with E-state index in [0.717, 1.165) is 31.2 Å². The molecule has 0 radical (unpaired) electrons. The zero-order valence-corrected chi connectivity index (χ0v) is 20.8. The molecule has 0 aliphatic carbocycles. The molecule has 1 unspecified atom stereocenters. The molecule has 0 aromatic heterocycles. The summed E-state index contributed by atoms with van der Waals surface area (Å²) in [6.45, 7) is 6.91. The van der Waals surface area contributed by atoms with E-state index in [1.165, 1.54) is 12.1 Å². The van der Waals surface area contributed by atoms with E-state index in [1.54, 1.807) is 18.2 Å². The van der Waals surface area contributed by atoms with Gasteiger partial charge in [0.2, 0.25) is 10.0 Å². The SMILES string of the molecule is CCCCC(CC)CNS(=O)(=O)c1cc2c(c(C(=O)Nc3ccc(C)c(Cl)c3)c1)OCCO2. The van der Waals surface area contributed by atoms with Gasteiger partial charge in [0, 0.05) is 23.3 Å². The topological polar surface area (TPSA) is 93.7 Å². The second-order valence-corrected chi connectivity index (χ2v) is 10.4. The van der Waals surface area contributed by atoms with Gasteiger partial charge in [-0.15, -0.1) is 0 Å². The van der Waals surface area contributed by atoms with Crippen LogP contribution in [0.15, 0.2) is 35.2 Å². The van der Waals surface area contributed by atoms with Gasteiger partial charge in [0.15, 0.2) is 11.5 Å². The normalized spacial score (nSPS) is 14.1. The summed E-state index contributed by atoms with van der Waals surface area (Å²) in [4.78, 5) is 13.0. The Morgan fingerprint density at radius 2 is 1.91 bits per heavy atom. The second kappa shape index (κ2) is 11.2. The third-order valence-electron chi connectivity index (χ3n) is 5.71. The highest BCUT2D eigenvalue weighted by Crippen LogP contribution is 2.37. The zero-order chi connectivity index (χ0) is 24.0. The predicted octanol–water partition coefficient (Wildman–Crippen LogP) is 5.17. The number of benzene rings is 2. The quantitative estimate of drug-likeness (QED) is 0.475. The van der Waals surface area contributed by atoms with Crippen molar-refractivity contribution in [2.75, 3.05) is 25.1 Å². The highest BCUT2D eigenvalue weighted by Gasteiger charge is 2.27. The number of halogens is 1. The lowest BCUT2D eigenvalue weighted by Crippen LogP contribution is -2.30. The van der Waals surface area contributed by atoms with Crippen molar-refractivity contribution in [3.05, 3.63) is 46.5 Å².